The molecule has 2 heterocycles. The number of aryl methyl sites for hydroxylation is 2. The Morgan fingerprint density at radius 2 is 1.76 bits per heavy atom. The van der Waals surface area contributed by atoms with Crippen LogP contribution in [-0.2, 0) is 11.2 Å². The average molecular weight is 335 g/mol. The number of hydrogen-bond acceptors (Lipinski definition) is 4. The van der Waals surface area contributed by atoms with E-state index in [1.165, 1.54) is 0 Å². The number of carbonyl (C=O) groups excluding carboxylic acids is 1. The van der Waals surface area contributed by atoms with Crippen LogP contribution in [0.1, 0.15) is 28.9 Å². The summed E-state index contributed by atoms with van der Waals surface area (Å²) in [6.45, 7) is 5.97. The van der Waals surface area contributed by atoms with E-state index in [4.69, 9.17) is 0 Å². The third-order valence-corrected chi connectivity index (χ3v) is 4.25. The summed E-state index contributed by atoms with van der Waals surface area (Å²) in [5.74, 6) is 0.443. The molecule has 0 aliphatic carbocycles. The van der Waals surface area contributed by atoms with E-state index >= 15 is 0 Å². The Labute approximate surface area is 146 Å². The molecule has 6 heteroatoms. The Hall–Kier alpha value is -3.02. The van der Waals surface area contributed by atoms with Crippen molar-refractivity contribution in [3.8, 4) is 5.95 Å². The van der Waals surface area contributed by atoms with Crippen molar-refractivity contribution >= 4 is 11.6 Å². The molecule has 0 bridgehead atoms. The van der Waals surface area contributed by atoms with E-state index in [1.54, 1.807) is 17.1 Å². The topological polar surface area (TPSA) is 72.7 Å². The second-order valence-electron chi connectivity index (χ2n) is 6.01. The van der Waals surface area contributed by atoms with Gasteiger partial charge in [-0.15, -0.1) is 0 Å². The lowest BCUT2D eigenvalue weighted by molar-refractivity contribution is -0.116. The van der Waals surface area contributed by atoms with Crippen molar-refractivity contribution in [1.29, 1.82) is 0 Å². The van der Waals surface area contributed by atoms with Gasteiger partial charge < -0.3 is 5.32 Å². The first-order valence-electron chi connectivity index (χ1n) is 8.23. The number of aromatic nitrogens is 4. The maximum absolute atomic E-state index is 12.1. The number of hydrogen-bond donors (Lipinski definition) is 1. The molecular weight excluding hydrogens is 314 g/mol. The minimum absolute atomic E-state index is 0.0536. The van der Waals surface area contributed by atoms with Gasteiger partial charge in [-0.2, -0.15) is 5.10 Å². The number of nitrogens with one attached hydrogen (secondary N) is 1. The maximum atomic E-state index is 12.1. The van der Waals surface area contributed by atoms with Gasteiger partial charge in [0.15, 0.2) is 0 Å². The third kappa shape index (κ3) is 3.91. The van der Waals surface area contributed by atoms with E-state index in [-0.39, 0.29) is 5.91 Å². The summed E-state index contributed by atoms with van der Waals surface area (Å²) in [7, 11) is 0. The maximum Gasteiger partial charge on any atom is 0.250 e. The van der Waals surface area contributed by atoms with E-state index in [0.29, 0.717) is 24.5 Å². The normalized spacial score (nSPS) is 10.7. The molecule has 6 nitrogen and oxygen atoms in total. The monoisotopic (exact) mass is 335 g/mol. The van der Waals surface area contributed by atoms with Crippen molar-refractivity contribution in [2.75, 3.05) is 5.32 Å². The minimum Gasteiger partial charge on any atom is -0.323 e. The lowest BCUT2D eigenvalue weighted by Gasteiger charge is -2.06. The Morgan fingerprint density at radius 1 is 1.08 bits per heavy atom. The van der Waals surface area contributed by atoms with Crippen molar-refractivity contribution in [3.05, 3.63) is 65.2 Å². The van der Waals surface area contributed by atoms with Gasteiger partial charge in [0.2, 0.25) is 5.91 Å². The molecule has 1 amide bonds. The first-order valence-corrected chi connectivity index (χ1v) is 8.23. The molecule has 3 aromatic rings. The lowest BCUT2D eigenvalue weighted by Crippen LogP contribution is -2.13. The molecule has 1 aromatic carbocycles. The van der Waals surface area contributed by atoms with Crippen molar-refractivity contribution in [2.24, 2.45) is 0 Å². The van der Waals surface area contributed by atoms with Crippen LogP contribution in [0.25, 0.3) is 5.95 Å². The molecule has 128 valence electrons. The van der Waals surface area contributed by atoms with Gasteiger partial charge in [0, 0.05) is 12.1 Å². The van der Waals surface area contributed by atoms with E-state index < -0.39 is 0 Å². The van der Waals surface area contributed by atoms with Crippen LogP contribution in [0.2, 0.25) is 0 Å². The van der Waals surface area contributed by atoms with Crippen LogP contribution in [0.4, 0.5) is 5.69 Å². The van der Waals surface area contributed by atoms with Crippen LogP contribution >= 0.6 is 0 Å². The summed E-state index contributed by atoms with van der Waals surface area (Å²) in [5.41, 5.74) is 4.82. The molecule has 0 radical (unpaired) electrons. The zero-order valence-corrected chi connectivity index (χ0v) is 14.7. The molecule has 0 saturated heterocycles. The zero-order chi connectivity index (χ0) is 17.8. The van der Waals surface area contributed by atoms with Crippen LogP contribution in [0.3, 0.4) is 0 Å². The molecule has 0 spiro atoms. The van der Waals surface area contributed by atoms with Crippen molar-refractivity contribution in [3.63, 3.8) is 0 Å². The zero-order valence-electron chi connectivity index (χ0n) is 14.7. The molecule has 25 heavy (non-hydrogen) atoms. The fourth-order valence-corrected chi connectivity index (χ4v) is 2.54. The standard InChI is InChI=1S/C19H21N5O/c1-13-14(2)23-24(15(13)3)19-20-11-17(12-21-19)22-18(25)10-9-16-7-5-4-6-8-16/h4-8,11-12H,9-10H2,1-3H3,(H,22,25). The first-order chi connectivity index (χ1) is 12.0. The summed E-state index contributed by atoms with van der Waals surface area (Å²) < 4.78 is 1.71. The SMILES string of the molecule is Cc1nn(-c2ncc(NC(=O)CCc3ccccc3)cn2)c(C)c1C. The van der Waals surface area contributed by atoms with Gasteiger partial charge >= 0.3 is 0 Å². The molecule has 0 aliphatic heterocycles. The van der Waals surface area contributed by atoms with Crippen LogP contribution in [0.5, 0.6) is 0 Å². The molecule has 3 rings (SSSR count). The molecule has 0 unspecified atom stereocenters. The second-order valence-corrected chi connectivity index (χ2v) is 6.01. The van der Waals surface area contributed by atoms with E-state index in [9.17, 15) is 4.79 Å². The molecule has 0 aliphatic rings. The summed E-state index contributed by atoms with van der Waals surface area (Å²) in [4.78, 5) is 20.7. The predicted octanol–water partition coefficient (Wildman–Crippen LogP) is 3.16. The molecular formula is C19H21N5O. The Morgan fingerprint density at radius 3 is 2.36 bits per heavy atom. The van der Waals surface area contributed by atoms with Crippen LogP contribution in [0, 0.1) is 20.8 Å². The van der Waals surface area contributed by atoms with Gasteiger partial charge in [-0.05, 0) is 38.3 Å². The van der Waals surface area contributed by atoms with Crippen LogP contribution < -0.4 is 5.32 Å². The van der Waals surface area contributed by atoms with Gasteiger partial charge in [0.25, 0.3) is 5.95 Å². The number of amides is 1. The van der Waals surface area contributed by atoms with E-state index in [0.717, 1.165) is 22.5 Å². The van der Waals surface area contributed by atoms with Gasteiger partial charge in [0.05, 0.1) is 23.8 Å². The van der Waals surface area contributed by atoms with Gasteiger partial charge in [-0.3, -0.25) is 4.79 Å². The molecule has 0 atom stereocenters. The minimum atomic E-state index is -0.0536. The summed E-state index contributed by atoms with van der Waals surface area (Å²) >= 11 is 0. The fraction of sp³-hybridized carbons (Fsp3) is 0.263. The van der Waals surface area contributed by atoms with Crippen molar-refractivity contribution in [2.45, 2.75) is 33.6 Å². The molecule has 0 saturated carbocycles. The van der Waals surface area contributed by atoms with Crippen molar-refractivity contribution in [1.82, 2.24) is 19.7 Å². The summed E-state index contributed by atoms with van der Waals surface area (Å²) in [6, 6.07) is 9.94. The molecule has 2 aromatic heterocycles. The van der Waals surface area contributed by atoms with Crippen LogP contribution in [0.15, 0.2) is 42.7 Å². The van der Waals surface area contributed by atoms with E-state index in [2.05, 4.69) is 20.4 Å². The third-order valence-electron chi connectivity index (χ3n) is 4.25. The average Bonchev–Trinajstić information content (AvgIpc) is 2.89. The van der Waals surface area contributed by atoms with Gasteiger partial charge in [0.1, 0.15) is 0 Å². The predicted molar refractivity (Wildman–Crippen MR) is 96.8 cm³/mol. The lowest BCUT2D eigenvalue weighted by atomic mass is 10.1. The van der Waals surface area contributed by atoms with Crippen LogP contribution in [-0.4, -0.2) is 25.7 Å². The number of anilines is 1. The Kier molecular flexibility index (Phi) is 4.88. The van der Waals surface area contributed by atoms with Crippen molar-refractivity contribution < 1.29 is 4.79 Å². The van der Waals surface area contributed by atoms with E-state index in [1.807, 2.05) is 51.1 Å². The quantitative estimate of drug-likeness (QED) is 0.777. The highest BCUT2D eigenvalue weighted by molar-refractivity contribution is 5.90. The number of rotatable bonds is 5. The first kappa shape index (κ1) is 16.8. The molecule has 1 N–H and O–H groups in total. The highest BCUT2D eigenvalue weighted by Gasteiger charge is 2.11. The Balaban J connectivity index is 1.62. The largest absolute Gasteiger partial charge is 0.323 e. The fourth-order valence-electron chi connectivity index (χ4n) is 2.54. The smallest absolute Gasteiger partial charge is 0.250 e. The number of carbonyl (C=O) groups is 1. The second kappa shape index (κ2) is 7.25. The summed E-state index contributed by atoms with van der Waals surface area (Å²) in [5, 5.41) is 7.27. The highest BCUT2D eigenvalue weighted by atomic mass is 16.1. The number of nitrogens with zero attached hydrogens (tertiary/aromatic N) is 4. The summed E-state index contributed by atoms with van der Waals surface area (Å²) in [6.07, 6.45) is 4.34. The van der Waals surface area contributed by atoms with Gasteiger partial charge in [-0.25, -0.2) is 14.6 Å². The Bertz CT molecular complexity index is 869. The van der Waals surface area contributed by atoms with Gasteiger partial charge in [-0.1, -0.05) is 30.3 Å². The number of benzene rings is 1. The highest BCUT2D eigenvalue weighted by Crippen LogP contribution is 2.15. The molecule has 0 fully saturated rings.